The van der Waals surface area contributed by atoms with E-state index in [0.29, 0.717) is 5.92 Å². The average Bonchev–Trinajstić information content (AvgIpc) is 2.91. The first-order valence-electron chi connectivity index (χ1n) is 8.66. The number of aliphatic hydroxyl groups excluding tert-OH is 1. The minimum Gasteiger partial charge on any atom is -0.481 e. The molecule has 2 rings (SSSR count). The molecule has 0 aromatic rings. The molecular formula is C17H31NO3. The smallest absolute Gasteiger partial charge is 0.303 e. The standard InChI is InChI=1S/C17H31NO3/c1-13(9-17(20)21)15-7-4-8-18(11-15)12-16(19)10-14-5-2-3-6-14/h13-16,19H,2-12H2,1H3,(H,20,21). The van der Waals surface area contributed by atoms with Crippen LogP contribution >= 0.6 is 0 Å². The Labute approximate surface area is 128 Å². The number of carboxylic acids is 1. The molecule has 1 saturated carbocycles. The summed E-state index contributed by atoms with van der Waals surface area (Å²) >= 11 is 0. The van der Waals surface area contributed by atoms with Gasteiger partial charge in [0.15, 0.2) is 0 Å². The quantitative estimate of drug-likeness (QED) is 0.758. The number of β-amino-alcohol motifs (C(OH)–C–C–N with tert-alkyl or cyclic N) is 1. The van der Waals surface area contributed by atoms with Crippen molar-refractivity contribution in [1.82, 2.24) is 4.90 Å². The molecule has 2 N–H and O–H groups in total. The zero-order chi connectivity index (χ0) is 15.2. The molecule has 3 unspecified atom stereocenters. The maximum absolute atomic E-state index is 10.9. The monoisotopic (exact) mass is 297 g/mol. The maximum Gasteiger partial charge on any atom is 0.303 e. The van der Waals surface area contributed by atoms with Gasteiger partial charge in [-0.3, -0.25) is 4.79 Å². The maximum atomic E-state index is 10.9. The molecule has 1 saturated heterocycles. The third kappa shape index (κ3) is 5.59. The van der Waals surface area contributed by atoms with Crippen LogP contribution in [0.4, 0.5) is 0 Å². The highest BCUT2D eigenvalue weighted by atomic mass is 16.4. The topological polar surface area (TPSA) is 60.8 Å². The number of carboxylic acid groups (broad SMARTS) is 1. The molecule has 0 aromatic carbocycles. The Morgan fingerprint density at radius 2 is 1.95 bits per heavy atom. The molecule has 3 atom stereocenters. The largest absolute Gasteiger partial charge is 0.481 e. The summed E-state index contributed by atoms with van der Waals surface area (Å²) in [6.07, 6.45) is 8.50. The van der Waals surface area contributed by atoms with Gasteiger partial charge in [0.1, 0.15) is 0 Å². The van der Waals surface area contributed by atoms with Gasteiger partial charge >= 0.3 is 5.97 Å². The van der Waals surface area contributed by atoms with Crippen LogP contribution in [0.2, 0.25) is 0 Å². The minimum atomic E-state index is -0.694. The van der Waals surface area contributed by atoms with E-state index in [1.54, 1.807) is 0 Å². The summed E-state index contributed by atoms with van der Waals surface area (Å²) < 4.78 is 0. The van der Waals surface area contributed by atoms with Crippen LogP contribution in [-0.2, 0) is 4.79 Å². The summed E-state index contributed by atoms with van der Waals surface area (Å²) in [6, 6.07) is 0. The molecule has 4 heteroatoms. The van der Waals surface area contributed by atoms with E-state index < -0.39 is 5.97 Å². The van der Waals surface area contributed by atoms with Gasteiger partial charge in [-0.05, 0) is 43.6 Å². The lowest BCUT2D eigenvalue weighted by molar-refractivity contribution is -0.138. The number of hydrogen-bond acceptors (Lipinski definition) is 3. The van der Waals surface area contributed by atoms with Crippen LogP contribution in [0.3, 0.4) is 0 Å². The van der Waals surface area contributed by atoms with E-state index in [4.69, 9.17) is 5.11 Å². The van der Waals surface area contributed by atoms with E-state index in [2.05, 4.69) is 11.8 Å². The van der Waals surface area contributed by atoms with Gasteiger partial charge in [-0.25, -0.2) is 0 Å². The van der Waals surface area contributed by atoms with Crippen molar-refractivity contribution >= 4 is 5.97 Å². The first-order valence-corrected chi connectivity index (χ1v) is 8.66. The number of piperidine rings is 1. The van der Waals surface area contributed by atoms with E-state index in [0.717, 1.165) is 44.8 Å². The predicted octanol–water partition coefficient (Wildman–Crippen LogP) is 2.75. The summed E-state index contributed by atoms with van der Waals surface area (Å²) in [5, 5.41) is 19.2. The number of nitrogens with zero attached hydrogens (tertiary/aromatic N) is 1. The fourth-order valence-corrected chi connectivity index (χ4v) is 4.17. The lowest BCUT2D eigenvalue weighted by Crippen LogP contribution is -2.42. The van der Waals surface area contributed by atoms with Crippen LogP contribution in [-0.4, -0.2) is 46.8 Å². The number of likely N-dealkylation sites (tertiary alicyclic amines) is 1. The van der Waals surface area contributed by atoms with E-state index in [-0.39, 0.29) is 18.4 Å². The summed E-state index contributed by atoms with van der Waals surface area (Å²) in [5.74, 6) is 0.734. The van der Waals surface area contributed by atoms with Crippen molar-refractivity contribution in [2.45, 2.75) is 64.4 Å². The van der Waals surface area contributed by atoms with Crippen LogP contribution in [0.1, 0.15) is 58.3 Å². The number of carbonyl (C=O) groups is 1. The van der Waals surface area contributed by atoms with Crippen LogP contribution in [0.5, 0.6) is 0 Å². The molecule has 1 aliphatic heterocycles. The van der Waals surface area contributed by atoms with Crippen LogP contribution in [0, 0.1) is 17.8 Å². The Morgan fingerprint density at radius 3 is 2.62 bits per heavy atom. The van der Waals surface area contributed by atoms with E-state index in [9.17, 15) is 9.90 Å². The molecule has 0 aromatic heterocycles. The van der Waals surface area contributed by atoms with Crippen molar-refractivity contribution in [3.8, 4) is 0 Å². The number of rotatable bonds is 7. The molecule has 21 heavy (non-hydrogen) atoms. The second kappa shape index (κ2) is 8.14. The van der Waals surface area contributed by atoms with Gasteiger partial charge < -0.3 is 15.1 Å². The van der Waals surface area contributed by atoms with Gasteiger partial charge in [0.2, 0.25) is 0 Å². The van der Waals surface area contributed by atoms with Crippen LogP contribution in [0.15, 0.2) is 0 Å². The zero-order valence-corrected chi connectivity index (χ0v) is 13.3. The molecule has 122 valence electrons. The average molecular weight is 297 g/mol. The van der Waals surface area contributed by atoms with E-state index >= 15 is 0 Å². The molecule has 0 amide bonds. The van der Waals surface area contributed by atoms with Crippen molar-refractivity contribution in [3.63, 3.8) is 0 Å². The number of aliphatic carboxylic acids is 1. The molecule has 2 fully saturated rings. The molecular weight excluding hydrogens is 266 g/mol. The summed E-state index contributed by atoms with van der Waals surface area (Å²) in [7, 11) is 0. The summed E-state index contributed by atoms with van der Waals surface area (Å²) in [4.78, 5) is 13.2. The molecule has 0 bridgehead atoms. The van der Waals surface area contributed by atoms with Gasteiger partial charge in [-0.15, -0.1) is 0 Å². The summed E-state index contributed by atoms with van der Waals surface area (Å²) in [6.45, 7) is 4.83. The van der Waals surface area contributed by atoms with E-state index in [1.165, 1.54) is 25.7 Å². The Morgan fingerprint density at radius 1 is 1.24 bits per heavy atom. The van der Waals surface area contributed by atoms with Crippen LogP contribution in [0.25, 0.3) is 0 Å². The third-order valence-corrected chi connectivity index (χ3v) is 5.39. The van der Waals surface area contributed by atoms with Gasteiger partial charge in [0.05, 0.1) is 6.10 Å². The fraction of sp³-hybridized carbons (Fsp3) is 0.941. The van der Waals surface area contributed by atoms with Crippen LogP contribution < -0.4 is 0 Å². The van der Waals surface area contributed by atoms with Gasteiger partial charge in [-0.2, -0.15) is 0 Å². The van der Waals surface area contributed by atoms with Gasteiger partial charge in [-0.1, -0.05) is 32.6 Å². The predicted molar refractivity (Wildman–Crippen MR) is 83.2 cm³/mol. The first kappa shape index (κ1) is 16.8. The fourth-order valence-electron chi connectivity index (χ4n) is 4.17. The van der Waals surface area contributed by atoms with Crippen molar-refractivity contribution in [2.75, 3.05) is 19.6 Å². The number of hydrogen-bond donors (Lipinski definition) is 2. The highest BCUT2D eigenvalue weighted by Gasteiger charge is 2.27. The lowest BCUT2D eigenvalue weighted by Gasteiger charge is -2.36. The van der Waals surface area contributed by atoms with Gasteiger partial charge in [0, 0.05) is 19.5 Å². The number of aliphatic hydroxyl groups is 1. The normalized spacial score (nSPS) is 27.6. The molecule has 4 nitrogen and oxygen atoms in total. The molecule has 1 aliphatic carbocycles. The Hall–Kier alpha value is -0.610. The second-order valence-corrected chi connectivity index (χ2v) is 7.28. The summed E-state index contributed by atoms with van der Waals surface area (Å²) in [5.41, 5.74) is 0. The Kier molecular flexibility index (Phi) is 6.49. The van der Waals surface area contributed by atoms with E-state index in [1.807, 2.05) is 0 Å². The lowest BCUT2D eigenvalue weighted by atomic mass is 9.84. The van der Waals surface area contributed by atoms with Crippen molar-refractivity contribution in [2.24, 2.45) is 17.8 Å². The SMILES string of the molecule is CC(CC(=O)O)C1CCCN(CC(O)CC2CCCC2)C1. The Balaban J connectivity index is 1.73. The molecule has 0 spiro atoms. The van der Waals surface area contributed by atoms with Crippen molar-refractivity contribution < 1.29 is 15.0 Å². The van der Waals surface area contributed by atoms with Crippen molar-refractivity contribution in [1.29, 1.82) is 0 Å². The highest BCUT2D eigenvalue weighted by molar-refractivity contribution is 5.67. The van der Waals surface area contributed by atoms with Crippen molar-refractivity contribution in [3.05, 3.63) is 0 Å². The highest BCUT2D eigenvalue weighted by Crippen LogP contribution is 2.30. The second-order valence-electron chi connectivity index (χ2n) is 7.28. The van der Waals surface area contributed by atoms with Gasteiger partial charge in [0.25, 0.3) is 0 Å². The molecule has 2 aliphatic rings. The Bertz CT molecular complexity index is 328. The minimum absolute atomic E-state index is 0.207. The third-order valence-electron chi connectivity index (χ3n) is 5.39. The molecule has 0 radical (unpaired) electrons. The molecule has 1 heterocycles. The first-order chi connectivity index (χ1) is 10.0. The zero-order valence-electron chi connectivity index (χ0n) is 13.3.